The summed E-state index contributed by atoms with van der Waals surface area (Å²) in [5.41, 5.74) is 1.36. The van der Waals surface area contributed by atoms with E-state index < -0.39 is 6.09 Å². The molecule has 1 aliphatic carbocycles. The SMILES string of the molecule is Cc1cccc(NCC2CC3(CCCC3)CCN2C(=O)O)n1. The third kappa shape index (κ3) is 3.18. The van der Waals surface area contributed by atoms with Gasteiger partial charge in [0.15, 0.2) is 0 Å². The normalized spacial score (nSPS) is 23.7. The molecule has 1 amide bonds. The molecule has 1 aliphatic heterocycles. The first-order valence-electron chi connectivity index (χ1n) is 8.25. The lowest BCUT2D eigenvalue weighted by molar-refractivity contribution is 0.0562. The van der Waals surface area contributed by atoms with E-state index in [-0.39, 0.29) is 6.04 Å². The van der Waals surface area contributed by atoms with Gasteiger partial charge in [0.2, 0.25) is 0 Å². The van der Waals surface area contributed by atoms with Gasteiger partial charge in [-0.2, -0.15) is 0 Å². The molecule has 1 saturated carbocycles. The smallest absolute Gasteiger partial charge is 0.407 e. The molecule has 1 saturated heterocycles. The van der Waals surface area contributed by atoms with E-state index in [1.54, 1.807) is 4.90 Å². The zero-order valence-corrected chi connectivity index (χ0v) is 13.2. The van der Waals surface area contributed by atoms with E-state index in [4.69, 9.17) is 0 Å². The van der Waals surface area contributed by atoms with Crippen LogP contribution in [0, 0.1) is 12.3 Å². The molecule has 5 heteroatoms. The van der Waals surface area contributed by atoms with E-state index >= 15 is 0 Å². The van der Waals surface area contributed by atoms with Crippen molar-refractivity contribution in [2.24, 2.45) is 5.41 Å². The molecule has 0 bridgehead atoms. The predicted octanol–water partition coefficient (Wildman–Crippen LogP) is 3.50. The summed E-state index contributed by atoms with van der Waals surface area (Å²) < 4.78 is 0. The molecule has 1 aromatic heterocycles. The van der Waals surface area contributed by atoms with Crippen molar-refractivity contribution in [3.05, 3.63) is 23.9 Å². The van der Waals surface area contributed by atoms with Gasteiger partial charge < -0.3 is 15.3 Å². The summed E-state index contributed by atoms with van der Waals surface area (Å²) in [5.74, 6) is 0.830. The summed E-state index contributed by atoms with van der Waals surface area (Å²) >= 11 is 0. The highest BCUT2D eigenvalue weighted by molar-refractivity contribution is 5.65. The molecular formula is C17H25N3O2. The van der Waals surface area contributed by atoms with Gasteiger partial charge in [-0.25, -0.2) is 9.78 Å². The van der Waals surface area contributed by atoms with Crippen molar-refractivity contribution in [1.82, 2.24) is 9.88 Å². The fourth-order valence-electron chi connectivity index (χ4n) is 4.13. The van der Waals surface area contributed by atoms with Crippen LogP contribution < -0.4 is 5.32 Å². The molecule has 1 atom stereocenters. The molecule has 3 rings (SSSR count). The van der Waals surface area contributed by atoms with Gasteiger partial charge in [0, 0.05) is 18.8 Å². The van der Waals surface area contributed by atoms with Gasteiger partial charge >= 0.3 is 6.09 Å². The van der Waals surface area contributed by atoms with Crippen molar-refractivity contribution in [2.75, 3.05) is 18.4 Å². The zero-order valence-electron chi connectivity index (χ0n) is 13.2. The molecule has 22 heavy (non-hydrogen) atoms. The Bertz CT molecular complexity index is 540. The predicted molar refractivity (Wildman–Crippen MR) is 86.1 cm³/mol. The van der Waals surface area contributed by atoms with Crippen LogP contribution in [0.3, 0.4) is 0 Å². The molecule has 0 radical (unpaired) electrons. The first-order chi connectivity index (χ1) is 10.6. The van der Waals surface area contributed by atoms with Crippen molar-refractivity contribution in [2.45, 2.75) is 51.5 Å². The fraction of sp³-hybridized carbons (Fsp3) is 0.647. The van der Waals surface area contributed by atoms with Crippen LogP contribution in [0.2, 0.25) is 0 Å². The van der Waals surface area contributed by atoms with Crippen molar-refractivity contribution >= 4 is 11.9 Å². The van der Waals surface area contributed by atoms with Crippen molar-refractivity contribution < 1.29 is 9.90 Å². The van der Waals surface area contributed by atoms with E-state index in [9.17, 15) is 9.90 Å². The van der Waals surface area contributed by atoms with E-state index in [1.807, 2.05) is 25.1 Å². The third-order valence-electron chi connectivity index (χ3n) is 5.31. The maximum absolute atomic E-state index is 11.5. The van der Waals surface area contributed by atoms with Gasteiger partial charge in [-0.1, -0.05) is 18.9 Å². The number of anilines is 1. The lowest BCUT2D eigenvalue weighted by Gasteiger charge is -2.44. The largest absolute Gasteiger partial charge is 0.465 e. The minimum absolute atomic E-state index is 0.0478. The number of piperidine rings is 1. The van der Waals surface area contributed by atoms with Crippen molar-refractivity contribution in [3.8, 4) is 0 Å². The number of pyridine rings is 1. The Morgan fingerprint density at radius 2 is 2.18 bits per heavy atom. The molecule has 1 spiro atoms. The highest BCUT2D eigenvalue weighted by Crippen LogP contribution is 2.47. The summed E-state index contributed by atoms with van der Waals surface area (Å²) in [6.07, 6.45) is 6.34. The molecule has 5 nitrogen and oxygen atoms in total. The number of amides is 1. The lowest BCUT2D eigenvalue weighted by Crippen LogP contribution is -2.51. The van der Waals surface area contributed by atoms with Gasteiger partial charge in [-0.3, -0.25) is 0 Å². The Morgan fingerprint density at radius 1 is 1.41 bits per heavy atom. The number of nitrogens with one attached hydrogen (secondary N) is 1. The second-order valence-electron chi connectivity index (χ2n) is 6.84. The first kappa shape index (κ1) is 15.1. The number of nitrogens with zero attached hydrogens (tertiary/aromatic N) is 2. The average molecular weight is 303 g/mol. The Balaban J connectivity index is 1.68. The Kier molecular flexibility index (Phi) is 4.23. The number of hydrogen-bond acceptors (Lipinski definition) is 3. The molecule has 2 heterocycles. The standard InChI is InChI=1S/C17H25N3O2/c1-13-5-4-6-15(19-13)18-12-14-11-17(7-2-3-8-17)9-10-20(14)16(21)22/h4-6,14H,2-3,7-12H2,1H3,(H,18,19)(H,21,22). The maximum atomic E-state index is 11.5. The molecule has 1 aromatic rings. The minimum Gasteiger partial charge on any atom is -0.465 e. The fourth-order valence-corrected chi connectivity index (χ4v) is 4.13. The van der Waals surface area contributed by atoms with E-state index in [0.717, 1.165) is 24.4 Å². The van der Waals surface area contributed by atoms with Gasteiger partial charge in [-0.15, -0.1) is 0 Å². The summed E-state index contributed by atoms with van der Waals surface area (Å²) in [5, 5.41) is 12.8. The molecule has 120 valence electrons. The quantitative estimate of drug-likeness (QED) is 0.897. The average Bonchev–Trinajstić information content (AvgIpc) is 2.93. The van der Waals surface area contributed by atoms with Crippen LogP contribution in [0.25, 0.3) is 0 Å². The second-order valence-corrected chi connectivity index (χ2v) is 6.84. The van der Waals surface area contributed by atoms with E-state index in [1.165, 1.54) is 25.7 Å². The highest BCUT2D eigenvalue weighted by Gasteiger charge is 2.42. The molecule has 0 aromatic carbocycles. The summed E-state index contributed by atoms with van der Waals surface area (Å²) in [7, 11) is 0. The Morgan fingerprint density at radius 3 is 2.86 bits per heavy atom. The first-order valence-corrected chi connectivity index (χ1v) is 8.25. The monoisotopic (exact) mass is 303 g/mol. The van der Waals surface area contributed by atoms with E-state index in [0.29, 0.717) is 18.5 Å². The number of likely N-dealkylation sites (tertiary alicyclic amines) is 1. The van der Waals surface area contributed by atoms with Crippen LogP contribution in [0.1, 0.15) is 44.2 Å². The second kappa shape index (κ2) is 6.15. The van der Waals surface area contributed by atoms with E-state index in [2.05, 4.69) is 10.3 Å². The minimum atomic E-state index is -0.795. The number of aryl methyl sites for hydroxylation is 1. The van der Waals surface area contributed by atoms with Gasteiger partial charge in [-0.05, 0) is 50.2 Å². The lowest BCUT2D eigenvalue weighted by atomic mass is 9.74. The summed E-state index contributed by atoms with van der Waals surface area (Å²) in [4.78, 5) is 17.6. The van der Waals surface area contributed by atoms with Gasteiger partial charge in [0.05, 0.1) is 6.04 Å². The third-order valence-corrected chi connectivity index (χ3v) is 5.31. The molecule has 2 N–H and O–H groups in total. The van der Waals surface area contributed by atoms with Crippen LogP contribution in [-0.2, 0) is 0 Å². The van der Waals surface area contributed by atoms with Crippen molar-refractivity contribution in [3.63, 3.8) is 0 Å². The van der Waals surface area contributed by atoms with Crippen LogP contribution in [-0.4, -0.2) is 40.2 Å². The molecule has 2 aliphatic rings. The Labute approximate surface area is 131 Å². The molecular weight excluding hydrogens is 278 g/mol. The Hall–Kier alpha value is -1.78. The zero-order chi connectivity index (χ0) is 15.6. The number of carbonyl (C=O) groups is 1. The molecule has 2 fully saturated rings. The molecule has 1 unspecified atom stereocenters. The van der Waals surface area contributed by atoms with Gasteiger partial charge in [0.25, 0.3) is 0 Å². The van der Waals surface area contributed by atoms with Gasteiger partial charge in [0.1, 0.15) is 5.82 Å². The van der Waals surface area contributed by atoms with Crippen LogP contribution in [0.4, 0.5) is 10.6 Å². The summed E-state index contributed by atoms with van der Waals surface area (Å²) in [6, 6.07) is 5.92. The highest BCUT2D eigenvalue weighted by atomic mass is 16.4. The van der Waals surface area contributed by atoms with Crippen LogP contribution in [0.15, 0.2) is 18.2 Å². The topological polar surface area (TPSA) is 65.5 Å². The van der Waals surface area contributed by atoms with Crippen molar-refractivity contribution in [1.29, 1.82) is 0 Å². The van der Waals surface area contributed by atoms with Crippen LogP contribution in [0.5, 0.6) is 0 Å². The number of rotatable bonds is 3. The number of aromatic nitrogens is 1. The number of hydrogen-bond donors (Lipinski definition) is 2. The summed E-state index contributed by atoms with van der Waals surface area (Å²) in [6.45, 7) is 3.27. The maximum Gasteiger partial charge on any atom is 0.407 e. The van der Waals surface area contributed by atoms with Crippen LogP contribution >= 0.6 is 0 Å². The number of carboxylic acid groups (broad SMARTS) is 1.